The van der Waals surface area contributed by atoms with Gasteiger partial charge in [0.1, 0.15) is 10.8 Å². The van der Waals surface area contributed by atoms with Crippen LogP contribution in [-0.4, -0.2) is 20.9 Å². The van der Waals surface area contributed by atoms with Crippen LogP contribution >= 0.6 is 11.3 Å². The van der Waals surface area contributed by atoms with E-state index in [0.29, 0.717) is 5.82 Å². The molecule has 5 rings (SSSR count). The summed E-state index contributed by atoms with van der Waals surface area (Å²) in [7, 11) is 0. The van der Waals surface area contributed by atoms with Crippen LogP contribution in [0.1, 0.15) is 26.8 Å². The lowest BCUT2D eigenvalue weighted by atomic mass is 10.1. The number of benzene rings is 3. The molecule has 0 unspecified atom stereocenters. The van der Waals surface area contributed by atoms with E-state index >= 15 is 0 Å². The number of nitrogens with one attached hydrogen (secondary N) is 1. The zero-order chi connectivity index (χ0) is 19.8. The highest BCUT2D eigenvalue weighted by Crippen LogP contribution is 2.32. The van der Waals surface area contributed by atoms with E-state index in [1.165, 1.54) is 12.1 Å². The second-order valence-electron chi connectivity index (χ2n) is 6.56. The summed E-state index contributed by atoms with van der Waals surface area (Å²) >= 11 is 1.59. The van der Waals surface area contributed by atoms with Crippen molar-refractivity contribution < 1.29 is 9.90 Å². The van der Waals surface area contributed by atoms with Gasteiger partial charge in [0.15, 0.2) is 0 Å². The second kappa shape index (κ2) is 7.00. The average Bonchev–Trinajstić information content (AvgIpc) is 3.36. The predicted molar refractivity (Wildman–Crippen MR) is 113 cm³/mol. The Morgan fingerprint density at radius 3 is 2.34 bits per heavy atom. The van der Waals surface area contributed by atoms with Gasteiger partial charge in [0.25, 0.3) is 0 Å². The van der Waals surface area contributed by atoms with E-state index < -0.39 is 5.97 Å². The molecule has 2 aromatic heterocycles. The SMILES string of the molecule is O=C([O-])c1ccc(/C=C(\c2nc3ccccc3[nH]2)c2nc3ccccc3s2)cc1. The van der Waals surface area contributed by atoms with Crippen LogP contribution in [0.15, 0.2) is 72.8 Å². The molecule has 0 aliphatic carbocycles. The van der Waals surface area contributed by atoms with Crippen LogP contribution in [-0.2, 0) is 0 Å². The zero-order valence-electron chi connectivity index (χ0n) is 15.1. The smallest absolute Gasteiger partial charge is 0.141 e. The van der Waals surface area contributed by atoms with E-state index in [0.717, 1.165) is 37.4 Å². The van der Waals surface area contributed by atoms with Crippen molar-refractivity contribution in [1.29, 1.82) is 0 Å². The van der Waals surface area contributed by atoms with Crippen molar-refractivity contribution in [2.75, 3.05) is 0 Å². The van der Waals surface area contributed by atoms with Crippen molar-refractivity contribution in [3.8, 4) is 0 Å². The minimum absolute atomic E-state index is 0.146. The molecule has 0 aliphatic rings. The Bertz CT molecular complexity index is 1240. The Morgan fingerprint density at radius 2 is 1.62 bits per heavy atom. The number of aromatic carboxylic acids is 1. The molecule has 0 amide bonds. The van der Waals surface area contributed by atoms with Gasteiger partial charge >= 0.3 is 0 Å². The monoisotopic (exact) mass is 396 g/mol. The van der Waals surface area contributed by atoms with Gasteiger partial charge in [0.2, 0.25) is 0 Å². The van der Waals surface area contributed by atoms with E-state index in [4.69, 9.17) is 9.97 Å². The Kier molecular flexibility index (Phi) is 4.18. The number of carbonyl (C=O) groups is 1. The number of thiazole rings is 1. The van der Waals surface area contributed by atoms with Crippen molar-refractivity contribution in [3.05, 3.63) is 94.8 Å². The summed E-state index contributed by atoms with van der Waals surface area (Å²) < 4.78 is 1.09. The molecule has 1 N–H and O–H groups in total. The fourth-order valence-electron chi connectivity index (χ4n) is 3.18. The third-order valence-corrected chi connectivity index (χ3v) is 5.70. The number of aromatic nitrogens is 3. The maximum absolute atomic E-state index is 11.0. The molecular formula is C23H14N3O2S-. The van der Waals surface area contributed by atoms with Gasteiger partial charge in [-0.2, -0.15) is 0 Å². The second-order valence-corrected chi connectivity index (χ2v) is 7.59. The fraction of sp³-hybridized carbons (Fsp3) is 0. The van der Waals surface area contributed by atoms with Gasteiger partial charge in [-0.25, -0.2) is 9.97 Å². The molecule has 0 atom stereocenters. The van der Waals surface area contributed by atoms with Crippen LogP contribution in [0.4, 0.5) is 0 Å². The molecule has 0 fully saturated rings. The molecule has 29 heavy (non-hydrogen) atoms. The third-order valence-electron chi connectivity index (χ3n) is 4.63. The van der Waals surface area contributed by atoms with Gasteiger partial charge in [-0.1, -0.05) is 48.5 Å². The summed E-state index contributed by atoms with van der Waals surface area (Å²) in [5.74, 6) is -0.474. The Balaban J connectivity index is 1.68. The summed E-state index contributed by atoms with van der Waals surface area (Å²) in [5, 5.41) is 11.9. The zero-order valence-corrected chi connectivity index (χ0v) is 15.9. The Morgan fingerprint density at radius 1 is 0.897 bits per heavy atom. The molecule has 5 aromatic rings. The van der Waals surface area contributed by atoms with Crippen LogP contribution in [0.3, 0.4) is 0 Å². The largest absolute Gasteiger partial charge is 0.545 e. The summed E-state index contributed by atoms with van der Waals surface area (Å²) in [6.45, 7) is 0. The van der Waals surface area contributed by atoms with Crippen molar-refractivity contribution in [2.45, 2.75) is 0 Å². The van der Waals surface area contributed by atoms with Crippen LogP contribution < -0.4 is 5.11 Å². The number of hydrogen-bond acceptors (Lipinski definition) is 5. The summed E-state index contributed by atoms with van der Waals surface area (Å²) in [6, 6.07) is 22.4. The molecule has 5 nitrogen and oxygen atoms in total. The molecule has 0 radical (unpaired) electrons. The first-order valence-electron chi connectivity index (χ1n) is 9.01. The van der Waals surface area contributed by atoms with Gasteiger partial charge in [-0.05, 0) is 41.5 Å². The number of carboxylic acids is 1. The highest BCUT2D eigenvalue weighted by molar-refractivity contribution is 7.19. The van der Waals surface area contributed by atoms with Crippen LogP contribution in [0, 0.1) is 0 Å². The first-order chi connectivity index (χ1) is 14.2. The quantitative estimate of drug-likeness (QED) is 0.495. The van der Waals surface area contributed by atoms with E-state index in [2.05, 4.69) is 4.98 Å². The molecule has 3 aromatic carbocycles. The van der Waals surface area contributed by atoms with Crippen molar-refractivity contribution in [1.82, 2.24) is 15.0 Å². The van der Waals surface area contributed by atoms with Crippen molar-refractivity contribution >= 4 is 50.2 Å². The minimum atomic E-state index is -1.19. The lowest BCUT2D eigenvalue weighted by Crippen LogP contribution is -2.21. The molecule has 6 heteroatoms. The van der Waals surface area contributed by atoms with Gasteiger partial charge < -0.3 is 14.9 Å². The number of aromatic amines is 1. The number of carbonyl (C=O) groups excluding carboxylic acids is 1. The number of H-pyrrole nitrogens is 1. The van der Waals surface area contributed by atoms with E-state index in [1.807, 2.05) is 54.6 Å². The summed E-state index contributed by atoms with van der Waals surface area (Å²) in [6.07, 6.45) is 1.97. The van der Waals surface area contributed by atoms with E-state index in [-0.39, 0.29) is 5.56 Å². The van der Waals surface area contributed by atoms with Gasteiger partial charge in [-0.3, -0.25) is 0 Å². The topological polar surface area (TPSA) is 81.7 Å². The lowest BCUT2D eigenvalue weighted by Gasteiger charge is -2.04. The number of rotatable bonds is 4. The molecule has 0 aliphatic heterocycles. The first-order valence-corrected chi connectivity index (χ1v) is 9.83. The first kappa shape index (κ1) is 17.3. The summed E-state index contributed by atoms with van der Waals surface area (Å²) in [5.41, 5.74) is 4.60. The minimum Gasteiger partial charge on any atom is -0.545 e. The summed E-state index contributed by atoms with van der Waals surface area (Å²) in [4.78, 5) is 23.9. The maximum atomic E-state index is 11.0. The molecule has 0 spiro atoms. The van der Waals surface area contributed by atoms with Gasteiger partial charge in [-0.15, -0.1) is 11.3 Å². The Hall–Kier alpha value is -3.77. The standard InChI is InChI=1S/C23H15N3O2S/c27-23(28)15-11-9-14(10-12-15)13-16(21-24-17-5-1-2-6-18(17)25-21)22-26-19-7-3-4-8-20(19)29-22/h1-13H,(H,24,25)(H,27,28)/p-1/b16-13+. The van der Waals surface area contributed by atoms with Crippen LogP contribution in [0.5, 0.6) is 0 Å². The molecular weight excluding hydrogens is 382 g/mol. The molecule has 0 bridgehead atoms. The maximum Gasteiger partial charge on any atom is 0.141 e. The highest BCUT2D eigenvalue weighted by atomic mass is 32.1. The molecule has 140 valence electrons. The average molecular weight is 396 g/mol. The molecule has 0 saturated carbocycles. The predicted octanol–water partition coefficient (Wildman–Crippen LogP) is 4.13. The van der Waals surface area contributed by atoms with Crippen LogP contribution in [0.25, 0.3) is 32.9 Å². The third kappa shape index (κ3) is 3.30. The number of para-hydroxylation sites is 3. The number of hydrogen-bond donors (Lipinski definition) is 1. The fourth-order valence-corrected chi connectivity index (χ4v) is 4.16. The number of imidazole rings is 1. The molecule has 0 saturated heterocycles. The van der Waals surface area contributed by atoms with Crippen molar-refractivity contribution in [2.24, 2.45) is 0 Å². The number of carboxylic acid groups (broad SMARTS) is 1. The van der Waals surface area contributed by atoms with Gasteiger partial charge in [0, 0.05) is 0 Å². The van der Waals surface area contributed by atoms with Crippen molar-refractivity contribution in [3.63, 3.8) is 0 Å². The van der Waals surface area contributed by atoms with Gasteiger partial charge in [0.05, 0.1) is 32.8 Å². The van der Waals surface area contributed by atoms with E-state index in [1.54, 1.807) is 23.5 Å². The van der Waals surface area contributed by atoms with Crippen LogP contribution in [0.2, 0.25) is 0 Å². The lowest BCUT2D eigenvalue weighted by molar-refractivity contribution is -0.255. The Labute approximate surface area is 170 Å². The number of nitrogens with zero attached hydrogens (tertiary/aromatic N) is 2. The normalized spacial score (nSPS) is 11.9. The number of fused-ring (bicyclic) bond motifs is 2. The van der Waals surface area contributed by atoms with E-state index in [9.17, 15) is 9.90 Å². The molecule has 2 heterocycles. The highest BCUT2D eigenvalue weighted by Gasteiger charge is 2.15.